The molecule has 3 fully saturated rings. The van der Waals surface area contributed by atoms with Crippen LogP contribution in [0.3, 0.4) is 0 Å². The molecule has 2 aliphatic heterocycles. The number of ether oxygens (including phenoxy) is 1. The molecule has 3 aromatic rings. The summed E-state index contributed by atoms with van der Waals surface area (Å²) in [6, 6.07) is 4.05. The summed E-state index contributed by atoms with van der Waals surface area (Å²) in [4.78, 5) is 19.7. The molecule has 1 spiro atoms. The summed E-state index contributed by atoms with van der Waals surface area (Å²) in [5, 5.41) is 12.3. The van der Waals surface area contributed by atoms with E-state index in [0.29, 0.717) is 19.8 Å². The van der Waals surface area contributed by atoms with Crippen LogP contribution in [0.2, 0.25) is 0 Å². The van der Waals surface area contributed by atoms with E-state index < -0.39 is 0 Å². The monoisotopic (exact) mass is 505 g/mol. The average Bonchev–Trinajstić information content (AvgIpc) is 3.56. The number of nitrogens with one attached hydrogen (secondary N) is 2. The lowest BCUT2D eigenvalue weighted by Gasteiger charge is -2.34. The average molecular weight is 506 g/mol. The van der Waals surface area contributed by atoms with Crippen LogP contribution in [-0.4, -0.2) is 81.1 Å². The Kier molecular flexibility index (Phi) is 6.96. The van der Waals surface area contributed by atoms with Crippen LogP contribution in [-0.2, 0) is 17.8 Å². The maximum Gasteiger partial charge on any atom is 0.228 e. The van der Waals surface area contributed by atoms with Crippen molar-refractivity contribution in [2.75, 3.05) is 56.2 Å². The van der Waals surface area contributed by atoms with Crippen LogP contribution in [0.4, 0.5) is 17.6 Å². The van der Waals surface area contributed by atoms with Gasteiger partial charge in [-0.3, -0.25) is 9.58 Å². The number of pyridine rings is 1. The number of nitrogens with zero attached hydrogens (tertiary/aromatic N) is 7. The Hall–Kier alpha value is -2.82. The van der Waals surface area contributed by atoms with Crippen LogP contribution in [0.15, 0.2) is 18.3 Å². The van der Waals surface area contributed by atoms with Crippen molar-refractivity contribution in [2.45, 2.75) is 64.6 Å². The van der Waals surface area contributed by atoms with Crippen molar-refractivity contribution in [1.29, 1.82) is 0 Å². The van der Waals surface area contributed by atoms with Gasteiger partial charge in [0.2, 0.25) is 5.95 Å². The Bertz CT molecular complexity index is 1230. The molecular formula is C27H39N9O. The van der Waals surface area contributed by atoms with E-state index in [-0.39, 0.29) is 5.54 Å². The summed E-state index contributed by atoms with van der Waals surface area (Å²) in [7, 11) is 0. The summed E-state index contributed by atoms with van der Waals surface area (Å²) in [6.45, 7) is 11.9. The third-order valence-corrected chi connectivity index (χ3v) is 7.79. The van der Waals surface area contributed by atoms with Crippen molar-refractivity contribution in [3.63, 3.8) is 0 Å². The third kappa shape index (κ3) is 5.42. The maximum absolute atomic E-state index is 5.71. The Balaban J connectivity index is 1.43. The van der Waals surface area contributed by atoms with E-state index in [0.717, 1.165) is 79.1 Å². The highest BCUT2D eigenvalue weighted by molar-refractivity contribution is 5.90. The normalized spacial score (nSPS) is 19.6. The Morgan fingerprint density at radius 1 is 1.14 bits per heavy atom. The molecule has 1 aliphatic carbocycles. The first-order valence-electron chi connectivity index (χ1n) is 13.9. The second-order valence-electron chi connectivity index (χ2n) is 10.7. The van der Waals surface area contributed by atoms with Gasteiger partial charge in [0.1, 0.15) is 22.5 Å². The van der Waals surface area contributed by atoms with E-state index in [1.165, 1.54) is 32.1 Å². The SMILES string of the molecule is CCOCCn1nc(CN2CCCCC2)c2nc(N3CCNC4(CC4)C3)nc(Nc3cc(C)ccn3)c21. The predicted octanol–water partition coefficient (Wildman–Crippen LogP) is 3.24. The summed E-state index contributed by atoms with van der Waals surface area (Å²) in [6.07, 6.45) is 8.09. The van der Waals surface area contributed by atoms with Crippen LogP contribution in [0, 0.1) is 6.92 Å². The molecule has 0 radical (unpaired) electrons. The van der Waals surface area contributed by atoms with Gasteiger partial charge in [0.25, 0.3) is 0 Å². The predicted molar refractivity (Wildman–Crippen MR) is 145 cm³/mol. The lowest BCUT2D eigenvalue weighted by molar-refractivity contribution is 0.137. The standard InChI is InChI=1S/C27H39N9O/c1-3-37-16-15-36-24-23(21(33-36)18-34-12-5-4-6-13-34)31-26(35-14-11-29-27(19-35)8-9-27)32-25(24)30-22-17-20(2)7-10-28-22/h7,10,17,29H,3-6,8-9,11-16,18-19H2,1-2H3,(H,28,30,31,32). The van der Waals surface area contributed by atoms with Crippen LogP contribution in [0.5, 0.6) is 0 Å². The van der Waals surface area contributed by atoms with Crippen LogP contribution in [0.25, 0.3) is 11.0 Å². The molecule has 0 amide bonds. The number of aryl methyl sites for hydroxylation is 1. The number of rotatable bonds is 9. The van der Waals surface area contributed by atoms with E-state index in [4.69, 9.17) is 19.8 Å². The van der Waals surface area contributed by atoms with E-state index in [2.05, 4.69) is 32.3 Å². The molecule has 10 nitrogen and oxygen atoms in total. The maximum atomic E-state index is 5.71. The zero-order valence-corrected chi connectivity index (χ0v) is 22.2. The minimum absolute atomic E-state index is 0.237. The molecule has 198 valence electrons. The molecule has 0 unspecified atom stereocenters. The lowest BCUT2D eigenvalue weighted by Crippen LogP contribution is -2.53. The fraction of sp³-hybridized carbons (Fsp3) is 0.630. The molecule has 2 N–H and O–H groups in total. The largest absolute Gasteiger partial charge is 0.380 e. The van der Waals surface area contributed by atoms with Gasteiger partial charge in [-0.25, -0.2) is 9.97 Å². The second kappa shape index (κ2) is 10.5. The van der Waals surface area contributed by atoms with Crippen molar-refractivity contribution in [1.82, 2.24) is 34.9 Å². The minimum Gasteiger partial charge on any atom is -0.380 e. The Morgan fingerprint density at radius 3 is 2.78 bits per heavy atom. The minimum atomic E-state index is 0.237. The molecule has 37 heavy (non-hydrogen) atoms. The molecule has 1 saturated carbocycles. The van der Waals surface area contributed by atoms with Gasteiger partial charge in [-0.1, -0.05) is 6.42 Å². The molecule has 3 aromatic heterocycles. The molecule has 2 saturated heterocycles. The van der Waals surface area contributed by atoms with Crippen LogP contribution < -0.4 is 15.5 Å². The van der Waals surface area contributed by atoms with Gasteiger partial charge in [-0.05, 0) is 70.3 Å². The number of hydrogen-bond acceptors (Lipinski definition) is 9. The van der Waals surface area contributed by atoms with Gasteiger partial charge in [0.15, 0.2) is 5.82 Å². The van der Waals surface area contributed by atoms with Gasteiger partial charge in [-0.15, -0.1) is 0 Å². The van der Waals surface area contributed by atoms with Crippen molar-refractivity contribution < 1.29 is 4.74 Å². The van der Waals surface area contributed by atoms with Crippen molar-refractivity contribution in [3.05, 3.63) is 29.6 Å². The topological polar surface area (TPSA) is 96.3 Å². The smallest absolute Gasteiger partial charge is 0.228 e. The molecule has 10 heteroatoms. The highest BCUT2D eigenvalue weighted by atomic mass is 16.5. The first-order valence-corrected chi connectivity index (χ1v) is 13.9. The zero-order chi connectivity index (χ0) is 25.2. The molecule has 0 atom stereocenters. The van der Waals surface area contributed by atoms with E-state index in [1.807, 2.05) is 29.9 Å². The van der Waals surface area contributed by atoms with E-state index in [1.54, 1.807) is 0 Å². The van der Waals surface area contributed by atoms with Crippen molar-refractivity contribution >= 4 is 28.6 Å². The number of likely N-dealkylation sites (tertiary alicyclic amines) is 1. The molecular weight excluding hydrogens is 466 g/mol. The molecule has 0 bridgehead atoms. The number of hydrogen-bond donors (Lipinski definition) is 2. The van der Waals surface area contributed by atoms with Gasteiger partial charge < -0.3 is 20.3 Å². The summed E-state index contributed by atoms with van der Waals surface area (Å²) in [5.41, 5.74) is 4.27. The second-order valence-corrected chi connectivity index (χ2v) is 10.7. The summed E-state index contributed by atoms with van der Waals surface area (Å²) >= 11 is 0. The quantitative estimate of drug-likeness (QED) is 0.425. The Labute approximate surface area is 218 Å². The number of fused-ring (bicyclic) bond motifs is 1. The van der Waals surface area contributed by atoms with E-state index >= 15 is 0 Å². The molecule has 6 rings (SSSR count). The number of anilines is 3. The molecule has 3 aliphatic rings. The molecule has 0 aromatic carbocycles. The highest BCUT2D eigenvalue weighted by Crippen LogP contribution is 2.39. The number of aromatic nitrogens is 5. The first kappa shape index (κ1) is 24.5. The van der Waals surface area contributed by atoms with Gasteiger partial charge in [-0.2, -0.15) is 10.1 Å². The lowest BCUT2D eigenvalue weighted by atomic mass is 10.1. The number of piperidine rings is 1. The Morgan fingerprint density at radius 2 is 2.00 bits per heavy atom. The van der Waals surface area contributed by atoms with Crippen molar-refractivity contribution in [2.24, 2.45) is 0 Å². The van der Waals surface area contributed by atoms with Gasteiger partial charge >= 0.3 is 0 Å². The third-order valence-electron chi connectivity index (χ3n) is 7.79. The highest BCUT2D eigenvalue weighted by Gasteiger charge is 2.46. The van der Waals surface area contributed by atoms with Gasteiger partial charge in [0, 0.05) is 44.5 Å². The molecule has 5 heterocycles. The fourth-order valence-electron chi connectivity index (χ4n) is 5.59. The first-order chi connectivity index (χ1) is 18.1. The van der Waals surface area contributed by atoms with Crippen molar-refractivity contribution in [3.8, 4) is 0 Å². The fourth-order valence-corrected chi connectivity index (χ4v) is 5.59. The van der Waals surface area contributed by atoms with Crippen LogP contribution >= 0.6 is 0 Å². The summed E-state index contributed by atoms with van der Waals surface area (Å²) in [5.74, 6) is 2.31. The van der Waals surface area contributed by atoms with Gasteiger partial charge in [0.05, 0.1) is 13.2 Å². The summed E-state index contributed by atoms with van der Waals surface area (Å²) < 4.78 is 7.74. The number of piperazine rings is 1. The van der Waals surface area contributed by atoms with Crippen LogP contribution in [0.1, 0.15) is 50.3 Å². The van der Waals surface area contributed by atoms with E-state index in [9.17, 15) is 0 Å². The zero-order valence-electron chi connectivity index (χ0n) is 22.2.